The third kappa shape index (κ3) is 5.99. The standard InChI is InChI=1S/C19H20ClF3N4OS/c1-12-4-6-27(7-5-12)16-9-18(25-11-24-16)29-10-17(28)26-15-3-2-13(20)8-14(15)19(21,22)23/h2-3,8-9,11-12H,4-7,10H2,1H3,(H,26,28). The molecule has 1 aromatic heterocycles. The van der Waals surface area contributed by atoms with Crippen LogP contribution in [0.5, 0.6) is 0 Å². The summed E-state index contributed by atoms with van der Waals surface area (Å²) in [6, 6.07) is 5.04. The Hall–Kier alpha value is -2.00. The van der Waals surface area contributed by atoms with E-state index in [4.69, 9.17) is 11.6 Å². The molecule has 0 unspecified atom stereocenters. The maximum absolute atomic E-state index is 13.1. The molecule has 1 saturated heterocycles. The van der Waals surface area contributed by atoms with Crippen LogP contribution >= 0.6 is 23.4 Å². The quantitative estimate of drug-likeness (QED) is 0.512. The van der Waals surface area contributed by atoms with Crippen molar-refractivity contribution in [3.63, 3.8) is 0 Å². The van der Waals surface area contributed by atoms with Crippen LogP contribution in [0, 0.1) is 5.92 Å². The van der Waals surface area contributed by atoms with E-state index in [0.29, 0.717) is 10.9 Å². The fourth-order valence-corrected chi connectivity index (χ4v) is 3.84. The molecule has 1 amide bonds. The minimum atomic E-state index is -4.62. The average molecular weight is 445 g/mol. The van der Waals surface area contributed by atoms with Crippen LogP contribution < -0.4 is 10.2 Å². The molecule has 0 aliphatic carbocycles. The van der Waals surface area contributed by atoms with Gasteiger partial charge < -0.3 is 10.2 Å². The Morgan fingerprint density at radius 3 is 2.69 bits per heavy atom. The molecule has 10 heteroatoms. The van der Waals surface area contributed by atoms with E-state index in [0.717, 1.165) is 55.6 Å². The van der Waals surface area contributed by atoms with Gasteiger partial charge in [-0.2, -0.15) is 13.2 Å². The molecule has 156 valence electrons. The largest absolute Gasteiger partial charge is 0.418 e. The highest BCUT2D eigenvalue weighted by molar-refractivity contribution is 7.99. The number of piperidine rings is 1. The maximum Gasteiger partial charge on any atom is 0.418 e. The van der Waals surface area contributed by atoms with Crippen molar-refractivity contribution in [2.75, 3.05) is 29.1 Å². The maximum atomic E-state index is 13.1. The van der Waals surface area contributed by atoms with Crippen molar-refractivity contribution >= 4 is 40.8 Å². The number of thioether (sulfide) groups is 1. The first-order valence-electron chi connectivity index (χ1n) is 9.09. The van der Waals surface area contributed by atoms with E-state index in [1.165, 1.54) is 12.4 Å². The van der Waals surface area contributed by atoms with Gasteiger partial charge in [-0.05, 0) is 37.0 Å². The molecule has 3 rings (SSSR count). The first-order chi connectivity index (χ1) is 13.7. The second-order valence-electron chi connectivity index (χ2n) is 6.91. The minimum absolute atomic E-state index is 0.0506. The lowest BCUT2D eigenvalue weighted by molar-refractivity contribution is -0.137. The van der Waals surface area contributed by atoms with Gasteiger partial charge in [0, 0.05) is 24.2 Å². The Morgan fingerprint density at radius 2 is 2.00 bits per heavy atom. The predicted molar refractivity (Wildman–Crippen MR) is 108 cm³/mol. The second kappa shape index (κ2) is 9.21. The van der Waals surface area contributed by atoms with Gasteiger partial charge in [0.1, 0.15) is 17.2 Å². The molecular formula is C19H20ClF3N4OS. The summed E-state index contributed by atoms with van der Waals surface area (Å²) in [6.45, 7) is 4.06. The van der Waals surface area contributed by atoms with Gasteiger partial charge in [0.05, 0.1) is 17.0 Å². The SMILES string of the molecule is CC1CCN(c2cc(SCC(=O)Nc3ccc(Cl)cc3C(F)(F)F)ncn2)CC1. The number of carbonyl (C=O) groups is 1. The highest BCUT2D eigenvalue weighted by Gasteiger charge is 2.34. The topological polar surface area (TPSA) is 58.1 Å². The van der Waals surface area contributed by atoms with E-state index < -0.39 is 17.6 Å². The normalized spacial score (nSPS) is 15.4. The highest BCUT2D eigenvalue weighted by atomic mass is 35.5. The van der Waals surface area contributed by atoms with Crippen LogP contribution in [0.25, 0.3) is 0 Å². The number of rotatable bonds is 5. The molecule has 2 heterocycles. The zero-order valence-corrected chi connectivity index (χ0v) is 17.2. The number of amides is 1. The van der Waals surface area contributed by atoms with E-state index in [9.17, 15) is 18.0 Å². The van der Waals surface area contributed by atoms with Crippen LogP contribution in [-0.4, -0.2) is 34.7 Å². The molecular weight excluding hydrogens is 425 g/mol. The summed E-state index contributed by atoms with van der Waals surface area (Å²) in [6.07, 6.45) is -0.988. The zero-order chi connectivity index (χ0) is 21.0. The minimum Gasteiger partial charge on any atom is -0.356 e. The van der Waals surface area contributed by atoms with Gasteiger partial charge in [-0.25, -0.2) is 9.97 Å². The molecule has 1 aromatic carbocycles. The second-order valence-corrected chi connectivity index (χ2v) is 8.34. The third-order valence-electron chi connectivity index (χ3n) is 4.65. The van der Waals surface area contributed by atoms with E-state index in [1.54, 1.807) is 6.07 Å². The zero-order valence-electron chi connectivity index (χ0n) is 15.7. The molecule has 0 saturated carbocycles. The summed E-state index contributed by atoms with van der Waals surface area (Å²) >= 11 is 6.80. The average Bonchev–Trinajstić information content (AvgIpc) is 2.68. The molecule has 1 aliphatic heterocycles. The van der Waals surface area contributed by atoms with Crippen molar-refractivity contribution in [2.45, 2.75) is 31.0 Å². The van der Waals surface area contributed by atoms with Gasteiger partial charge in [-0.3, -0.25) is 4.79 Å². The number of anilines is 2. The molecule has 2 aromatic rings. The Balaban J connectivity index is 1.61. The van der Waals surface area contributed by atoms with Crippen molar-refractivity contribution in [1.29, 1.82) is 0 Å². The Bertz CT molecular complexity index is 873. The fraction of sp³-hybridized carbons (Fsp3) is 0.421. The molecule has 0 radical (unpaired) electrons. The Morgan fingerprint density at radius 1 is 1.28 bits per heavy atom. The predicted octanol–water partition coefficient (Wildman–Crippen LogP) is 5.12. The number of benzene rings is 1. The van der Waals surface area contributed by atoms with Crippen LogP contribution in [0.3, 0.4) is 0 Å². The summed E-state index contributed by atoms with van der Waals surface area (Å²) in [5.74, 6) is 0.856. The molecule has 29 heavy (non-hydrogen) atoms. The van der Waals surface area contributed by atoms with Gasteiger partial charge in [-0.1, -0.05) is 30.3 Å². The summed E-state index contributed by atoms with van der Waals surface area (Å²) in [4.78, 5) is 22.8. The molecule has 1 N–H and O–H groups in total. The molecule has 0 spiro atoms. The van der Waals surface area contributed by atoms with E-state index >= 15 is 0 Å². The van der Waals surface area contributed by atoms with Crippen molar-refractivity contribution in [1.82, 2.24) is 9.97 Å². The van der Waals surface area contributed by atoms with E-state index in [1.807, 2.05) is 0 Å². The van der Waals surface area contributed by atoms with Crippen LogP contribution in [0.4, 0.5) is 24.7 Å². The third-order valence-corrected chi connectivity index (χ3v) is 5.81. The summed E-state index contributed by atoms with van der Waals surface area (Å²) in [5, 5.41) is 2.85. The van der Waals surface area contributed by atoms with Crippen molar-refractivity contribution in [3.05, 3.63) is 41.2 Å². The Kier molecular flexibility index (Phi) is 6.89. The van der Waals surface area contributed by atoms with Crippen LogP contribution in [0.2, 0.25) is 5.02 Å². The van der Waals surface area contributed by atoms with Crippen molar-refractivity contribution < 1.29 is 18.0 Å². The number of nitrogens with zero attached hydrogens (tertiary/aromatic N) is 3. The lowest BCUT2D eigenvalue weighted by atomic mass is 9.99. The number of carbonyl (C=O) groups excluding carboxylic acids is 1. The lowest BCUT2D eigenvalue weighted by Gasteiger charge is -2.31. The molecule has 0 atom stereocenters. The number of halogens is 4. The number of hydrogen-bond donors (Lipinski definition) is 1. The smallest absolute Gasteiger partial charge is 0.356 e. The van der Waals surface area contributed by atoms with Gasteiger partial charge in [0.15, 0.2) is 0 Å². The van der Waals surface area contributed by atoms with Crippen LogP contribution in [0.1, 0.15) is 25.3 Å². The lowest BCUT2D eigenvalue weighted by Crippen LogP contribution is -2.33. The van der Waals surface area contributed by atoms with Crippen molar-refractivity contribution in [3.8, 4) is 0 Å². The molecule has 0 bridgehead atoms. The van der Waals surface area contributed by atoms with Gasteiger partial charge >= 0.3 is 6.18 Å². The van der Waals surface area contributed by atoms with Gasteiger partial charge in [-0.15, -0.1) is 0 Å². The van der Waals surface area contributed by atoms with Crippen molar-refractivity contribution in [2.24, 2.45) is 5.92 Å². The highest BCUT2D eigenvalue weighted by Crippen LogP contribution is 2.36. The number of hydrogen-bond acceptors (Lipinski definition) is 5. The fourth-order valence-electron chi connectivity index (χ4n) is 3.01. The first-order valence-corrected chi connectivity index (χ1v) is 10.4. The number of alkyl halides is 3. The Labute approximate surface area is 176 Å². The monoisotopic (exact) mass is 444 g/mol. The summed E-state index contributed by atoms with van der Waals surface area (Å²) in [7, 11) is 0. The number of nitrogens with one attached hydrogen (secondary N) is 1. The van der Waals surface area contributed by atoms with Gasteiger partial charge in [0.2, 0.25) is 5.91 Å². The number of aromatic nitrogens is 2. The van der Waals surface area contributed by atoms with E-state index in [-0.39, 0.29) is 16.5 Å². The van der Waals surface area contributed by atoms with Crippen LogP contribution in [0.15, 0.2) is 35.6 Å². The molecule has 5 nitrogen and oxygen atoms in total. The molecule has 1 aliphatic rings. The van der Waals surface area contributed by atoms with Gasteiger partial charge in [0.25, 0.3) is 0 Å². The van der Waals surface area contributed by atoms with Crippen LogP contribution in [-0.2, 0) is 11.0 Å². The summed E-state index contributed by atoms with van der Waals surface area (Å²) < 4.78 is 39.4. The van der Waals surface area contributed by atoms with E-state index in [2.05, 4.69) is 27.1 Å². The first kappa shape index (κ1) is 21.7. The molecule has 1 fully saturated rings. The summed E-state index contributed by atoms with van der Waals surface area (Å²) in [5.41, 5.74) is -1.30.